The lowest BCUT2D eigenvalue weighted by Crippen LogP contribution is -2.49. The number of hydrogen-bond acceptors (Lipinski definition) is 5. The van der Waals surface area contributed by atoms with E-state index in [2.05, 4.69) is 9.64 Å². The molecule has 0 aromatic rings. The maximum Gasteiger partial charge on any atom is 0.315 e. The van der Waals surface area contributed by atoms with Crippen molar-refractivity contribution in [3.05, 3.63) is 0 Å². The molecule has 0 bridgehead atoms. The highest BCUT2D eigenvalue weighted by atomic mass is 16.5. The van der Waals surface area contributed by atoms with Crippen molar-refractivity contribution in [2.45, 2.75) is 6.42 Å². The molecule has 0 aromatic heterocycles. The molecule has 1 amide bonds. The minimum Gasteiger partial charge on any atom is -0.469 e. The molecule has 16 heavy (non-hydrogen) atoms. The molecule has 0 aliphatic carbocycles. The second-order valence-corrected chi connectivity index (χ2v) is 3.70. The molecule has 0 unspecified atom stereocenters. The number of carbonyl (C=O) groups is 2. The normalized spacial score (nSPS) is 17.2. The molecule has 0 saturated carbocycles. The van der Waals surface area contributed by atoms with E-state index < -0.39 is 5.97 Å². The Morgan fingerprint density at radius 3 is 2.38 bits per heavy atom. The lowest BCUT2D eigenvalue weighted by molar-refractivity contribution is -0.147. The van der Waals surface area contributed by atoms with Crippen LogP contribution in [-0.4, -0.2) is 73.2 Å². The number of carbonyl (C=O) groups excluding carboxylic acids is 2. The molecular weight excluding hydrogens is 212 g/mol. The molecule has 1 aliphatic rings. The molecule has 0 radical (unpaired) electrons. The Bertz CT molecular complexity index is 249. The smallest absolute Gasteiger partial charge is 0.315 e. The van der Waals surface area contributed by atoms with Gasteiger partial charge in [-0.05, 0) is 0 Å². The zero-order valence-electron chi connectivity index (χ0n) is 9.52. The molecule has 1 rings (SSSR count). The zero-order valence-corrected chi connectivity index (χ0v) is 9.52. The monoisotopic (exact) mass is 230 g/mol. The first-order chi connectivity index (χ1) is 7.67. The number of hydrogen-bond donors (Lipinski definition) is 1. The average molecular weight is 230 g/mol. The van der Waals surface area contributed by atoms with E-state index in [-0.39, 0.29) is 18.9 Å². The summed E-state index contributed by atoms with van der Waals surface area (Å²) in [5.41, 5.74) is 0. The lowest BCUT2D eigenvalue weighted by Gasteiger charge is -2.34. The van der Waals surface area contributed by atoms with Crippen LogP contribution in [0.5, 0.6) is 0 Å². The fraction of sp³-hybridized carbons (Fsp3) is 0.800. The van der Waals surface area contributed by atoms with Crippen LogP contribution in [0.1, 0.15) is 6.42 Å². The quantitative estimate of drug-likeness (QED) is 0.479. The van der Waals surface area contributed by atoms with Crippen molar-refractivity contribution in [3.63, 3.8) is 0 Å². The summed E-state index contributed by atoms with van der Waals surface area (Å²) in [5, 5.41) is 8.76. The molecule has 0 aromatic carbocycles. The molecule has 1 N–H and O–H groups in total. The highest BCUT2D eigenvalue weighted by Crippen LogP contribution is 2.03. The zero-order chi connectivity index (χ0) is 12.0. The molecule has 1 heterocycles. The molecule has 6 nitrogen and oxygen atoms in total. The number of rotatable bonds is 4. The third-order valence-electron chi connectivity index (χ3n) is 2.66. The highest BCUT2D eigenvalue weighted by molar-refractivity contribution is 5.94. The number of aliphatic hydroxyl groups excluding tert-OH is 1. The van der Waals surface area contributed by atoms with E-state index in [9.17, 15) is 9.59 Å². The Balaban J connectivity index is 2.30. The van der Waals surface area contributed by atoms with Gasteiger partial charge in [-0.2, -0.15) is 0 Å². The van der Waals surface area contributed by atoms with Crippen LogP contribution in [0.15, 0.2) is 0 Å². The highest BCUT2D eigenvalue weighted by Gasteiger charge is 2.22. The van der Waals surface area contributed by atoms with Gasteiger partial charge in [0.1, 0.15) is 6.42 Å². The second kappa shape index (κ2) is 6.44. The molecule has 92 valence electrons. The van der Waals surface area contributed by atoms with Crippen LogP contribution in [0.2, 0.25) is 0 Å². The molecule has 1 aliphatic heterocycles. The van der Waals surface area contributed by atoms with Gasteiger partial charge < -0.3 is 14.7 Å². The van der Waals surface area contributed by atoms with Crippen molar-refractivity contribution in [2.24, 2.45) is 0 Å². The van der Waals surface area contributed by atoms with E-state index in [1.165, 1.54) is 7.11 Å². The topological polar surface area (TPSA) is 70.1 Å². The fourth-order valence-corrected chi connectivity index (χ4v) is 1.67. The third kappa shape index (κ3) is 3.79. The van der Waals surface area contributed by atoms with E-state index in [1.54, 1.807) is 4.90 Å². The Hall–Kier alpha value is -1.14. The van der Waals surface area contributed by atoms with E-state index >= 15 is 0 Å². The van der Waals surface area contributed by atoms with Gasteiger partial charge in [0.2, 0.25) is 5.91 Å². The maximum atomic E-state index is 11.6. The van der Waals surface area contributed by atoms with Gasteiger partial charge >= 0.3 is 5.97 Å². The molecule has 0 spiro atoms. The second-order valence-electron chi connectivity index (χ2n) is 3.70. The summed E-state index contributed by atoms with van der Waals surface area (Å²) in [4.78, 5) is 26.3. The number of β-amino-alcohol motifs (C(OH)–C–C–N with tert-alkyl or cyclic N) is 1. The van der Waals surface area contributed by atoms with Crippen LogP contribution in [-0.2, 0) is 14.3 Å². The van der Waals surface area contributed by atoms with Crippen molar-refractivity contribution >= 4 is 11.9 Å². The molecule has 0 atom stereocenters. The Morgan fingerprint density at radius 2 is 1.88 bits per heavy atom. The van der Waals surface area contributed by atoms with E-state index in [1.807, 2.05) is 0 Å². The van der Waals surface area contributed by atoms with Gasteiger partial charge in [0, 0.05) is 32.7 Å². The Morgan fingerprint density at radius 1 is 1.25 bits per heavy atom. The van der Waals surface area contributed by atoms with Gasteiger partial charge in [-0.25, -0.2) is 0 Å². The van der Waals surface area contributed by atoms with Crippen molar-refractivity contribution in [2.75, 3.05) is 46.4 Å². The predicted octanol–water partition coefficient (Wildman–Crippen LogP) is -1.31. The van der Waals surface area contributed by atoms with Crippen LogP contribution < -0.4 is 0 Å². The van der Waals surface area contributed by atoms with Gasteiger partial charge in [-0.3, -0.25) is 14.5 Å². The number of aliphatic hydroxyl groups is 1. The molecule has 1 saturated heterocycles. The summed E-state index contributed by atoms with van der Waals surface area (Å²) in [5.74, 6) is -0.682. The first kappa shape index (κ1) is 12.9. The summed E-state index contributed by atoms with van der Waals surface area (Å²) < 4.78 is 4.44. The van der Waals surface area contributed by atoms with Crippen LogP contribution in [0, 0.1) is 0 Å². The van der Waals surface area contributed by atoms with Gasteiger partial charge in [0.25, 0.3) is 0 Å². The van der Waals surface area contributed by atoms with E-state index in [0.29, 0.717) is 19.6 Å². The summed E-state index contributed by atoms with van der Waals surface area (Å²) in [6.07, 6.45) is -0.184. The molecule has 6 heteroatoms. The molecular formula is C10H18N2O4. The van der Waals surface area contributed by atoms with Crippen molar-refractivity contribution in [1.82, 2.24) is 9.80 Å². The number of esters is 1. The van der Waals surface area contributed by atoms with Gasteiger partial charge in [-0.1, -0.05) is 0 Å². The number of ether oxygens (including phenoxy) is 1. The van der Waals surface area contributed by atoms with Crippen molar-refractivity contribution < 1.29 is 19.4 Å². The largest absolute Gasteiger partial charge is 0.469 e. The fourth-order valence-electron chi connectivity index (χ4n) is 1.67. The van der Waals surface area contributed by atoms with Crippen LogP contribution in [0.3, 0.4) is 0 Å². The first-order valence-corrected chi connectivity index (χ1v) is 5.35. The van der Waals surface area contributed by atoms with Crippen LogP contribution in [0.4, 0.5) is 0 Å². The Labute approximate surface area is 94.8 Å². The van der Waals surface area contributed by atoms with Crippen molar-refractivity contribution in [3.8, 4) is 0 Å². The number of methoxy groups -OCH3 is 1. The van der Waals surface area contributed by atoms with E-state index in [0.717, 1.165) is 13.1 Å². The summed E-state index contributed by atoms with van der Waals surface area (Å²) in [6.45, 7) is 3.47. The summed E-state index contributed by atoms with van der Waals surface area (Å²) in [6, 6.07) is 0. The lowest BCUT2D eigenvalue weighted by atomic mass is 10.3. The van der Waals surface area contributed by atoms with Crippen LogP contribution in [0.25, 0.3) is 0 Å². The minimum absolute atomic E-state index is 0.135. The van der Waals surface area contributed by atoms with E-state index in [4.69, 9.17) is 5.11 Å². The van der Waals surface area contributed by atoms with Gasteiger partial charge in [0.15, 0.2) is 0 Å². The number of nitrogens with zero attached hydrogens (tertiary/aromatic N) is 2. The maximum absolute atomic E-state index is 11.6. The predicted molar refractivity (Wildman–Crippen MR) is 56.7 cm³/mol. The third-order valence-corrected chi connectivity index (χ3v) is 2.66. The summed E-state index contributed by atoms with van der Waals surface area (Å²) in [7, 11) is 1.27. The average Bonchev–Trinajstić information content (AvgIpc) is 2.30. The Kier molecular flexibility index (Phi) is 5.21. The van der Waals surface area contributed by atoms with Crippen molar-refractivity contribution in [1.29, 1.82) is 0 Å². The van der Waals surface area contributed by atoms with Gasteiger partial charge in [0.05, 0.1) is 13.7 Å². The first-order valence-electron chi connectivity index (χ1n) is 5.35. The number of amides is 1. The van der Waals surface area contributed by atoms with Gasteiger partial charge in [-0.15, -0.1) is 0 Å². The SMILES string of the molecule is COC(=O)CC(=O)N1CCN(CCO)CC1. The summed E-state index contributed by atoms with van der Waals surface area (Å²) >= 11 is 0. The van der Waals surface area contributed by atoms with Crippen LogP contribution >= 0.6 is 0 Å². The molecule has 1 fully saturated rings. The minimum atomic E-state index is -0.497. The number of piperazine rings is 1. The standard InChI is InChI=1S/C10H18N2O4/c1-16-10(15)8-9(14)12-4-2-11(3-5-12)6-7-13/h13H,2-8H2,1H3.